The molecule has 0 spiro atoms. The Bertz CT molecular complexity index is 361. The van der Waals surface area contributed by atoms with E-state index in [-0.39, 0.29) is 11.2 Å². The molecule has 2 nitrogen and oxygen atoms in total. The number of anilines is 1. The zero-order valence-electron chi connectivity index (χ0n) is 10.2. The third-order valence-electron chi connectivity index (χ3n) is 2.31. The van der Waals surface area contributed by atoms with Gasteiger partial charge < -0.3 is 4.90 Å². The van der Waals surface area contributed by atoms with Crippen molar-refractivity contribution in [3.8, 4) is 0 Å². The van der Waals surface area contributed by atoms with Crippen molar-refractivity contribution in [2.24, 2.45) is 5.41 Å². The molecule has 0 aliphatic rings. The molecule has 1 aromatic carbocycles. The lowest BCUT2D eigenvalue weighted by Crippen LogP contribution is -2.20. The van der Waals surface area contributed by atoms with Crippen molar-refractivity contribution in [3.63, 3.8) is 0 Å². The predicted octanol–water partition coefficient (Wildman–Crippen LogP) is 2.98. The van der Waals surface area contributed by atoms with E-state index in [1.807, 2.05) is 64.0 Å². The van der Waals surface area contributed by atoms with Crippen molar-refractivity contribution in [3.05, 3.63) is 29.8 Å². The molecule has 0 saturated carbocycles. The maximum Gasteiger partial charge on any atom is 0.168 e. The minimum Gasteiger partial charge on any atom is -0.378 e. The van der Waals surface area contributed by atoms with Crippen LogP contribution in [0.15, 0.2) is 24.3 Å². The molecule has 2 heteroatoms. The standard InChI is InChI=1S/C13H19NO/c1-13(2,3)12(15)10-7-6-8-11(9-10)14(4)5/h6-9H,1-5H3. The number of hydrogen-bond donors (Lipinski definition) is 0. The highest BCUT2D eigenvalue weighted by molar-refractivity contribution is 6.00. The lowest BCUT2D eigenvalue weighted by molar-refractivity contribution is 0.0858. The topological polar surface area (TPSA) is 20.3 Å². The number of nitrogens with zero attached hydrogens (tertiary/aromatic N) is 1. The highest BCUT2D eigenvalue weighted by Gasteiger charge is 2.22. The molecule has 0 amide bonds. The van der Waals surface area contributed by atoms with Gasteiger partial charge in [-0.1, -0.05) is 32.9 Å². The Morgan fingerprint density at radius 3 is 2.27 bits per heavy atom. The highest BCUT2D eigenvalue weighted by Crippen LogP contribution is 2.23. The van der Waals surface area contributed by atoms with E-state index < -0.39 is 0 Å². The van der Waals surface area contributed by atoms with Crippen LogP contribution in [0.25, 0.3) is 0 Å². The first-order chi connectivity index (χ1) is 6.82. The average molecular weight is 205 g/mol. The van der Waals surface area contributed by atoms with E-state index in [0.29, 0.717) is 0 Å². The molecule has 0 aromatic heterocycles. The van der Waals surface area contributed by atoms with Gasteiger partial charge in [-0.25, -0.2) is 0 Å². The van der Waals surface area contributed by atoms with Crippen LogP contribution in [0.2, 0.25) is 0 Å². The molecule has 82 valence electrons. The van der Waals surface area contributed by atoms with E-state index in [2.05, 4.69) is 0 Å². The number of rotatable bonds is 2. The molecule has 0 aliphatic carbocycles. The monoisotopic (exact) mass is 205 g/mol. The Morgan fingerprint density at radius 2 is 1.80 bits per heavy atom. The van der Waals surface area contributed by atoms with Crippen molar-refractivity contribution in [1.82, 2.24) is 0 Å². The minimum absolute atomic E-state index is 0.186. The average Bonchev–Trinajstić information content (AvgIpc) is 2.15. The van der Waals surface area contributed by atoms with Gasteiger partial charge in [0, 0.05) is 30.8 Å². The number of carbonyl (C=O) groups excluding carboxylic acids is 1. The summed E-state index contributed by atoms with van der Waals surface area (Å²) in [5.41, 5.74) is 1.53. The molecule has 1 rings (SSSR count). The lowest BCUT2D eigenvalue weighted by Gasteiger charge is -2.18. The van der Waals surface area contributed by atoms with Crippen LogP contribution < -0.4 is 4.90 Å². The van der Waals surface area contributed by atoms with Gasteiger partial charge in [0.15, 0.2) is 5.78 Å². The van der Waals surface area contributed by atoms with Crippen LogP contribution in [0.4, 0.5) is 5.69 Å². The normalized spacial score (nSPS) is 11.3. The van der Waals surface area contributed by atoms with Crippen LogP contribution in [0.3, 0.4) is 0 Å². The van der Waals surface area contributed by atoms with Gasteiger partial charge in [-0.15, -0.1) is 0 Å². The number of carbonyl (C=O) groups is 1. The fourth-order valence-electron chi connectivity index (χ4n) is 1.36. The summed E-state index contributed by atoms with van der Waals surface area (Å²) in [7, 11) is 3.95. The quantitative estimate of drug-likeness (QED) is 0.692. The molecule has 0 saturated heterocycles. The molecule has 0 N–H and O–H groups in total. The summed E-state index contributed by atoms with van der Waals surface area (Å²) >= 11 is 0. The van der Waals surface area contributed by atoms with Gasteiger partial charge in [0.2, 0.25) is 0 Å². The molecule has 1 aromatic rings. The van der Waals surface area contributed by atoms with Gasteiger partial charge in [-0.2, -0.15) is 0 Å². The molecule has 15 heavy (non-hydrogen) atoms. The smallest absolute Gasteiger partial charge is 0.168 e. The SMILES string of the molecule is CN(C)c1cccc(C(=O)C(C)(C)C)c1. The Hall–Kier alpha value is -1.31. The summed E-state index contributed by atoms with van der Waals surface area (Å²) in [5.74, 6) is 0.186. The third-order valence-corrected chi connectivity index (χ3v) is 2.31. The third kappa shape index (κ3) is 2.82. The van der Waals surface area contributed by atoms with E-state index in [1.165, 1.54) is 0 Å². The second kappa shape index (κ2) is 4.05. The van der Waals surface area contributed by atoms with E-state index in [4.69, 9.17) is 0 Å². The van der Waals surface area contributed by atoms with Crippen LogP contribution in [0.1, 0.15) is 31.1 Å². The minimum atomic E-state index is -0.315. The summed E-state index contributed by atoms with van der Waals surface area (Å²) in [6.45, 7) is 5.83. The molecular formula is C13H19NO. The maximum absolute atomic E-state index is 12.0. The summed E-state index contributed by atoms with van der Waals surface area (Å²) in [6, 6.07) is 7.74. The Balaban J connectivity index is 3.06. The number of Topliss-reactive ketones (excluding diaryl/α,β-unsaturated/α-hetero) is 1. The van der Waals surface area contributed by atoms with E-state index in [1.54, 1.807) is 0 Å². The number of benzene rings is 1. The van der Waals surface area contributed by atoms with Crippen molar-refractivity contribution in [2.45, 2.75) is 20.8 Å². The molecule has 0 aliphatic heterocycles. The first-order valence-electron chi connectivity index (χ1n) is 5.14. The first kappa shape index (κ1) is 11.8. The van der Waals surface area contributed by atoms with Crippen LogP contribution in [0.5, 0.6) is 0 Å². The Morgan fingerprint density at radius 1 is 1.20 bits per heavy atom. The molecule has 0 bridgehead atoms. The number of hydrogen-bond acceptors (Lipinski definition) is 2. The van der Waals surface area contributed by atoms with Crippen LogP contribution >= 0.6 is 0 Å². The summed E-state index contributed by atoms with van der Waals surface area (Å²) in [6.07, 6.45) is 0. The summed E-state index contributed by atoms with van der Waals surface area (Å²) in [4.78, 5) is 14.0. The van der Waals surface area contributed by atoms with Gasteiger partial charge in [0.1, 0.15) is 0 Å². The Labute approximate surface area is 91.9 Å². The predicted molar refractivity (Wildman–Crippen MR) is 64.6 cm³/mol. The van der Waals surface area contributed by atoms with Gasteiger partial charge in [0.05, 0.1) is 0 Å². The molecule has 0 heterocycles. The fraction of sp³-hybridized carbons (Fsp3) is 0.462. The molecular weight excluding hydrogens is 186 g/mol. The largest absolute Gasteiger partial charge is 0.378 e. The molecule has 0 unspecified atom stereocenters. The number of ketones is 1. The van der Waals surface area contributed by atoms with Crippen molar-refractivity contribution in [2.75, 3.05) is 19.0 Å². The molecule has 0 atom stereocenters. The first-order valence-corrected chi connectivity index (χ1v) is 5.14. The zero-order valence-corrected chi connectivity index (χ0v) is 10.2. The fourth-order valence-corrected chi connectivity index (χ4v) is 1.36. The van der Waals surface area contributed by atoms with Gasteiger partial charge >= 0.3 is 0 Å². The highest BCUT2D eigenvalue weighted by atomic mass is 16.1. The Kier molecular flexibility index (Phi) is 3.18. The van der Waals surface area contributed by atoms with Gasteiger partial charge in [0.25, 0.3) is 0 Å². The van der Waals surface area contributed by atoms with Crippen molar-refractivity contribution < 1.29 is 4.79 Å². The molecule has 0 fully saturated rings. The van der Waals surface area contributed by atoms with Gasteiger partial charge in [-0.3, -0.25) is 4.79 Å². The second-order valence-corrected chi connectivity index (χ2v) is 5.02. The maximum atomic E-state index is 12.0. The van der Waals surface area contributed by atoms with Crippen LogP contribution in [0, 0.1) is 5.41 Å². The zero-order chi connectivity index (χ0) is 11.6. The van der Waals surface area contributed by atoms with E-state index >= 15 is 0 Å². The van der Waals surface area contributed by atoms with Crippen molar-refractivity contribution >= 4 is 11.5 Å². The van der Waals surface area contributed by atoms with Crippen LogP contribution in [-0.4, -0.2) is 19.9 Å². The lowest BCUT2D eigenvalue weighted by atomic mass is 9.86. The molecule has 0 radical (unpaired) electrons. The second-order valence-electron chi connectivity index (χ2n) is 5.02. The summed E-state index contributed by atoms with van der Waals surface area (Å²) in [5, 5.41) is 0. The van der Waals surface area contributed by atoms with Gasteiger partial charge in [-0.05, 0) is 12.1 Å². The van der Waals surface area contributed by atoms with E-state index in [9.17, 15) is 4.79 Å². The summed E-state index contributed by atoms with van der Waals surface area (Å²) < 4.78 is 0. The van der Waals surface area contributed by atoms with E-state index in [0.717, 1.165) is 11.3 Å². The van der Waals surface area contributed by atoms with Crippen molar-refractivity contribution in [1.29, 1.82) is 0 Å². The van der Waals surface area contributed by atoms with Crippen LogP contribution in [-0.2, 0) is 0 Å².